The lowest BCUT2D eigenvalue weighted by Crippen LogP contribution is -2.29. The number of aromatic nitrogens is 1. The van der Waals surface area contributed by atoms with Crippen molar-refractivity contribution in [1.82, 2.24) is 4.98 Å². The summed E-state index contributed by atoms with van der Waals surface area (Å²) in [5.41, 5.74) is 1.94. The predicted molar refractivity (Wildman–Crippen MR) is 63.5 cm³/mol. The van der Waals surface area contributed by atoms with Crippen molar-refractivity contribution in [3.05, 3.63) is 23.0 Å². The lowest BCUT2D eigenvalue weighted by Gasteiger charge is -2.21. The number of hydrogen-bond acceptors (Lipinski definition) is 3. The number of ether oxygens (including phenoxy) is 1. The molecule has 3 nitrogen and oxygen atoms in total. The Balaban J connectivity index is 2.75. The molecule has 0 aromatic carbocycles. The number of anilines is 1. The summed E-state index contributed by atoms with van der Waals surface area (Å²) >= 11 is 5.97. The quantitative estimate of drug-likeness (QED) is 0.805. The van der Waals surface area contributed by atoms with E-state index in [0.717, 1.165) is 11.3 Å². The Morgan fingerprint density at radius 1 is 1.47 bits per heavy atom. The van der Waals surface area contributed by atoms with Crippen LogP contribution in [0.15, 0.2) is 12.3 Å². The molecule has 1 aromatic rings. The van der Waals surface area contributed by atoms with Crippen LogP contribution < -0.4 is 5.32 Å². The highest BCUT2D eigenvalue weighted by molar-refractivity contribution is 6.31. The third-order valence-corrected chi connectivity index (χ3v) is 2.74. The molecule has 15 heavy (non-hydrogen) atoms. The molecule has 0 aliphatic heterocycles. The Morgan fingerprint density at radius 3 is 2.73 bits per heavy atom. The smallest absolute Gasteiger partial charge is 0.152 e. The maximum absolute atomic E-state index is 5.97. The largest absolute Gasteiger partial charge is 0.380 e. The number of methoxy groups -OCH3 is 1. The van der Waals surface area contributed by atoms with Crippen LogP contribution in [0, 0.1) is 6.92 Å². The number of halogens is 1. The predicted octanol–water partition coefficient (Wildman–Crippen LogP) is 2.88. The Kier molecular flexibility index (Phi) is 4.36. The van der Waals surface area contributed by atoms with Gasteiger partial charge in [-0.15, -0.1) is 0 Å². The Hall–Kier alpha value is -0.800. The summed E-state index contributed by atoms with van der Waals surface area (Å²) in [4.78, 5) is 4.08. The van der Waals surface area contributed by atoms with Gasteiger partial charge in [0.25, 0.3) is 0 Å². The lowest BCUT2D eigenvalue weighted by molar-refractivity contribution is 0.106. The highest BCUT2D eigenvalue weighted by Gasteiger charge is 2.12. The molecule has 0 amide bonds. The van der Waals surface area contributed by atoms with E-state index < -0.39 is 0 Å². The van der Waals surface area contributed by atoms with Crippen LogP contribution in [0.5, 0.6) is 0 Å². The van der Waals surface area contributed by atoms with E-state index in [4.69, 9.17) is 16.3 Å². The minimum Gasteiger partial charge on any atom is -0.380 e. The fourth-order valence-corrected chi connectivity index (χ4v) is 1.38. The van der Waals surface area contributed by atoms with Crippen molar-refractivity contribution in [2.24, 2.45) is 0 Å². The molecule has 84 valence electrons. The summed E-state index contributed by atoms with van der Waals surface area (Å²) in [6, 6.07) is 2.17. The maximum atomic E-state index is 5.97. The topological polar surface area (TPSA) is 34.1 Å². The van der Waals surface area contributed by atoms with E-state index in [0.29, 0.717) is 5.15 Å². The molecule has 2 unspecified atom stereocenters. The van der Waals surface area contributed by atoms with Crippen molar-refractivity contribution >= 4 is 17.3 Å². The van der Waals surface area contributed by atoms with Gasteiger partial charge < -0.3 is 10.1 Å². The average molecular weight is 229 g/mol. The van der Waals surface area contributed by atoms with E-state index in [2.05, 4.69) is 10.3 Å². The van der Waals surface area contributed by atoms with Gasteiger partial charge in [-0.25, -0.2) is 4.98 Å². The molecule has 1 aromatic heterocycles. The van der Waals surface area contributed by atoms with E-state index in [1.807, 2.05) is 26.8 Å². The SMILES string of the molecule is COC(C)C(C)Nc1cc(C)cnc1Cl. The molecule has 1 heterocycles. The Labute approximate surface area is 95.8 Å². The van der Waals surface area contributed by atoms with Crippen LogP contribution in [-0.4, -0.2) is 24.2 Å². The van der Waals surface area contributed by atoms with Crippen molar-refractivity contribution in [1.29, 1.82) is 0 Å². The molecule has 0 fully saturated rings. The van der Waals surface area contributed by atoms with Gasteiger partial charge in [-0.1, -0.05) is 11.6 Å². The van der Waals surface area contributed by atoms with Gasteiger partial charge in [0.05, 0.1) is 11.8 Å². The molecule has 0 aliphatic carbocycles. The number of pyridine rings is 1. The minimum absolute atomic E-state index is 0.126. The highest BCUT2D eigenvalue weighted by atomic mass is 35.5. The first kappa shape index (κ1) is 12.3. The van der Waals surface area contributed by atoms with Crippen molar-refractivity contribution in [2.75, 3.05) is 12.4 Å². The van der Waals surface area contributed by atoms with Crippen LogP contribution in [0.2, 0.25) is 5.15 Å². The fraction of sp³-hybridized carbons (Fsp3) is 0.545. The van der Waals surface area contributed by atoms with E-state index in [1.165, 1.54) is 0 Å². The van der Waals surface area contributed by atoms with Crippen molar-refractivity contribution < 1.29 is 4.74 Å². The average Bonchev–Trinajstić information content (AvgIpc) is 2.22. The number of aryl methyl sites for hydroxylation is 1. The Bertz CT molecular complexity index is 330. The molecule has 0 spiro atoms. The van der Waals surface area contributed by atoms with Gasteiger partial charge in [-0.05, 0) is 32.4 Å². The van der Waals surface area contributed by atoms with Crippen LogP contribution in [0.1, 0.15) is 19.4 Å². The van der Waals surface area contributed by atoms with Gasteiger partial charge in [0.2, 0.25) is 0 Å². The third kappa shape index (κ3) is 3.36. The summed E-state index contributed by atoms with van der Waals surface area (Å²) in [6.45, 7) is 6.04. The van der Waals surface area contributed by atoms with E-state index in [9.17, 15) is 0 Å². The van der Waals surface area contributed by atoms with Gasteiger partial charge in [0.15, 0.2) is 5.15 Å². The van der Waals surface area contributed by atoms with E-state index >= 15 is 0 Å². The molecule has 2 atom stereocenters. The van der Waals surface area contributed by atoms with Gasteiger partial charge in [-0.2, -0.15) is 0 Å². The molecule has 0 aliphatic rings. The summed E-state index contributed by atoms with van der Waals surface area (Å²) in [5.74, 6) is 0. The molecule has 0 radical (unpaired) electrons. The zero-order valence-electron chi connectivity index (χ0n) is 9.54. The lowest BCUT2D eigenvalue weighted by atomic mass is 10.2. The Morgan fingerprint density at radius 2 is 2.13 bits per heavy atom. The summed E-state index contributed by atoms with van der Waals surface area (Å²) in [5, 5.41) is 3.78. The fourth-order valence-electron chi connectivity index (χ4n) is 1.22. The molecule has 0 saturated carbocycles. The second-order valence-corrected chi connectivity index (χ2v) is 4.08. The molecule has 4 heteroatoms. The third-order valence-electron chi connectivity index (χ3n) is 2.43. The summed E-state index contributed by atoms with van der Waals surface area (Å²) in [6.07, 6.45) is 1.87. The maximum Gasteiger partial charge on any atom is 0.152 e. The normalized spacial score (nSPS) is 14.7. The number of rotatable bonds is 4. The highest BCUT2D eigenvalue weighted by Crippen LogP contribution is 2.21. The zero-order valence-corrected chi connectivity index (χ0v) is 10.3. The van der Waals surface area contributed by atoms with Gasteiger partial charge in [0, 0.05) is 19.3 Å². The van der Waals surface area contributed by atoms with Gasteiger partial charge in [0.1, 0.15) is 0 Å². The monoisotopic (exact) mass is 228 g/mol. The van der Waals surface area contributed by atoms with Crippen LogP contribution in [0.3, 0.4) is 0 Å². The van der Waals surface area contributed by atoms with Gasteiger partial charge in [-0.3, -0.25) is 0 Å². The van der Waals surface area contributed by atoms with E-state index in [-0.39, 0.29) is 12.1 Å². The summed E-state index contributed by atoms with van der Waals surface area (Å²) in [7, 11) is 1.69. The first-order valence-electron chi connectivity index (χ1n) is 4.96. The molecule has 1 rings (SSSR count). The van der Waals surface area contributed by atoms with Crippen molar-refractivity contribution in [3.8, 4) is 0 Å². The number of nitrogens with zero attached hydrogens (tertiary/aromatic N) is 1. The van der Waals surface area contributed by atoms with E-state index in [1.54, 1.807) is 13.3 Å². The molecule has 0 saturated heterocycles. The number of hydrogen-bond donors (Lipinski definition) is 1. The molecular weight excluding hydrogens is 212 g/mol. The second kappa shape index (κ2) is 5.33. The van der Waals surface area contributed by atoms with Crippen LogP contribution in [0.4, 0.5) is 5.69 Å². The molecular formula is C11H17ClN2O. The summed E-state index contributed by atoms with van der Waals surface area (Å²) < 4.78 is 5.23. The van der Waals surface area contributed by atoms with Gasteiger partial charge >= 0.3 is 0 Å². The van der Waals surface area contributed by atoms with Crippen LogP contribution in [0.25, 0.3) is 0 Å². The first-order valence-corrected chi connectivity index (χ1v) is 5.34. The van der Waals surface area contributed by atoms with Crippen molar-refractivity contribution in [3.63, 3.8) is 0 Å². The van der Waals surface area contributed by atoms with Crippen molar-refractivity contribution in [2.45, 2.75) is 32.9 Å². The molecule has 0 bridgehead atoms. The minimum atomic E-state index is 0.126. The van der Waals surface area contributed by atoms with Crippen LogP contribution in [-0.2, 0) is 4.74 Å². The second-order valence-electron chi connectivity index (χ2n) is 3.72. The molecule has 1 N–H and O–H groups in total. The first-order chi connectivity index (χ1) is 7.04. The zero-order chi connectivity index (χ0) is 11.4. The van der Waals surface area contributed by atoms with Crippen LogP contribution >= 0.6 is 11.6 Å². The standard InChI is InChI=1S/C11H17ClN2O/c1-7-5-10(11(12)13-6-7)14-8(2)9(3)15-4/h5-6,8-9,14H,1-4H3. The number of nitrogens with one attached hydrogen (secondary N) is 1.